The number of rotatable bonds is 6. The minimum atomic E-state index is -0.201. The molecule has 0 radical (unpaired) electrons. The van der Waals surface area contributed by atoms with E-state index in [2.05, 4.69) is 21.6 Å². The molecule has 5 nitrogen and oxygen atoms in total. The van der Waals surface area contributed by atoms with Crippen LogP contribution in [0.4, 0.5) is 5.82 Å². The molecule has 0 spiro atoms. The average Bonchev–Trinajstić information content (AvgIpc) is 2.39. The van der Waals surface area contributed by atoms with Gasteiger partial charge in [0, 0.05) is 24.8 Å². The third-order valence-electron chi connectivity index (χ3n) is 2.59. The molecule has 0 aromatic carbocycles. The summed E-state index contributed by atoms with van der Waals surface area (Å²) in [7, 11) is 1.40. The van der Waals surface area contributed by atoms with Crippen LogP contribution in [-0.4, -0.2) is 36.1 Å². The Hall–Kier alpha value is -1.65. The van der Waals surface area contributed by atoms with Gasteiger partial charge in [-0.1, -0.05) is 6.92 Å². The van der Waals surface area contributed by atoms with Crippen LogP contribution in [0, 0.1) is 0 Å². The first-order valence-electron chi connectivity index (χ1n) is 5.83. The van der Waals surface area contributed by atoms with Crippen LogP contribution in [0.3, 0.4) is 0 Å². The van der Waals surface area contributed by atoms with Crippen LogP contribution < -0.4 is 4.90 Å². The number of hydrogen-bond acceptors (Lipinski definition) is 5. The smallest absolute Gasteiger partial charge is 0.307 e. The number of methoxy groups -OCH3 is 1. The van der Waals surface area contributed by atoms with Crippen molar-refractivity contribution in [3.8, 4) is 0 Å². The van der Waals surface area contributed by atoms with E-state index >= 15 is 0 Å². The molecule has 0 aliphatic carbocycles. The topological polar surface area (TPSA) is 55.3 Å². The number of aromatic nitrogens is 2. The van der Waals surface area contributed by atoms with Gasteiger partial charge in [-0.2, -0.15) is 0 Å². The predicted octanol–water partition coefficient (Wildman–Crippen LogP) is 1.43. The maximum atomic E-state index is 11.1. The molecule has 5 heteroatoms. The molecule has 0 amide bonds. The van der Waals surface area contributed by atoms with Crippen LogP contribution in [0.2, 0.25) is 0 Å². The van der Waals surface area contributed by atoms with Gasteiger partial charge < -0.3 is 9.64 Å². The zero-order valence-electron chi connectivity index (χ0n) is 10.6. The number of nitrogens with zero attached hydrogens (tertiary/aromatic N) is 3. The molecule has 17 heavy (non-hydrogen) atoms. The second-order valence-corrected chi connectivity index (χ2v) is 3.63. The molecular weight excluding hydrogens is 218 g/mol. The van der Waals surface area contributed by atoms with Crippen molar-refractivity contribution in [3.05, 3.63) is 18.1 Å². The number of esters is 1. The van der Waals surface area contributed by atoms with E-state index in [0.29, 0.717) is 13.0 Å². The lowest BCUT2D eigenvalue weighted by Crippen LogP contribution is -2.27. The number of hydrogen-bond donors (Lipinski definition) is 0. The molecule has 1 aromatic rings. The molecule has 0 N–H and O–H groups in total. The standard InChI is InChI=1S/C12H19N3O2/c1-4-10-8-11(14-9-13-10)15(5-2)7-6-12(16)17-3/h8-9H,4-7H2,1-3H3. The maximum absolute atomic E-state index is 11.1. The van der Waals surface area contributed by atoms with Gasteiger partial charge >= 0.3 is 5.97 Å². The molecule has 0 fully saturated rings. The Morgan fingerprint density at radius 1 is 1.41 bits per heavy atom. The minimum Gasteiger partial charge on any atom is -0.469 e. The SMILES string of the molecule is CCc1cc(N(CC)CCC(=O)OC)ncn1. The first-order valence-corrected chi connectivity index (χ1v) is 5.83. The Bertz CT molecular complexity index is 369. The fourth-order valence-corrected chi connectivity index (χ4v) is 1.51. The fraction of sp³-hybridized carbons (Fsp3) is 0.583. The molecule has 0 atom stereocenters. The highest BCUT2D eigenvalue weighted by atomic mass is 16.5. The van der Waals surface area contributed by atoms with Crippen LogP contribution in [0.5, 0.6) is 0 Å². The summed E-state index contributed by atoms with van der Waals surface area (Å²) in [5, 5.41) is 0. The molecule has 1 heterocycles. The average molecular weight is 237 g/mol. The van der Waals surface area contributed by atoms with Gasteiger partial charge in [0.15, 0.2) is 0 Å². The first kappa shape index (κ1) is 13.4. The van der Waals surface area contributed by atoms with Gasteiger partial charge in [0.2, 0.25) is 0 Å². The molecule has 0 unspecified atom stereocenters. The summed E-state index contributed by atoms with van der Waals surface area (Å²) in [4.78, 5) is 21.5. The van der Waals surface area contributed by atoms with Gasteiger partial charge in [-0.15, -0.1) is 0 Å². The van der Waals surface area contributed by atoms with Crippen LogP contribution in [0.1, 0.15) is 26.0 Å². The maximum Gasteiger partial charge on any atom is 0.307 e. The summed E-state index contributed by atoms with van der Waals surface area (Å²) in [5.74, 6) is 0.663. The Balaban J connectivity index is 2.68. The van der Waals surface area contributed by atoms with Crippen LogP contribution in [0.15, 0.2) is 12.4 Å². The molecule has 0 aliphatic heterocycles. The third-order valence-corrected chi connectivity index (χ3v) is 2.59. The molecule has 0 aliphatic rings. The van der Waals surface area contributed by atoms with Crippen molar-refractivity contribution in [2.45, 2.75) is 26.7 Å². The molecule has 0 saturated carbocycles. The van der Waals surface area contributed by atoms with Crippen molar-refractivity contribution in [3.63, 3.8) is 0 Å². The summed E-state index contributed by atoms with van der Waals surface area (Å²) in [6.45, 7) is 5.50. The molecule has 1 rings (SSSR count). The Morgan fingerprint density at radius 2 is 2.18 bits per heavy atom. The zero-order valence-corrected chi connectivity index (χ0v) is 10.6. The highest BCUT2D eigenvalue weighted by Gasteiger charge is 2.09. The van der Waals surface area contributed by atoms with Crippen LogP contribution in [0.25, 0.3) is 0 Å². The van der Waals surface area contributed by atoms with Gasteiger partial charge in [0.05, 0.1) is 13.5 Å². The van der Waals surface area contributed by atoms with Crippen molar-refractivity contribution < 1.29 is 9.53 Å². The molecule has 94 valence electrons. The Labute approximate surface area is 102 Å². The van der Waals surface area contributed by atoms with Gasteiger partial charge in [0.25, 0.3) is 0 Å². The lowest BCUT2D eigenvalue weighted by Gasteiger charge is -2.21. The van der Waals surface area contributed by atoms with E-state index in [1.54, 1.807) is 6.33 Å². The largest absolute Gasteiger partial charge is 0.469 e. The van der Waals surface area contributed by atoms with Gasteiger partial charge in [-0.3, -0.25) is 4.79 Å². The summed E-state index contributed by atoms with van der Waals surface area (Å²) in [5.41, 5.74) is 1.01. The number of ether oxygens (including phenoxy) is 1. The van der Waals surface area contributed by atoms with E-state index < -0.39 is 0 Å². The van der Waals surface area contributed by atoms with Gasteiger partial charge in [0.1, 0.15) is 12.1 Å². The minimum absolute atomic E-state index is 0.201. The van der Waals surface area contributed by atoms with Crippen molar-refractivity contribution in [1.82, 2.24) is 9.97 Å². The molecule has 0 bridgehead atoms. The van der Waals surface area contributed by atoms with Gasteiger partial charge in [-0.05, 0) is 13.3 Å². The monoisotopic (exact) mass is 237 g/mol. The fourth-order valence-electron chi connectivity index (χ4n) is 1.51. The van der Waals surface area contributed by atoms with Crippen LogP contribution in [-0.2, 0) is 16.0 Å². The number of carbonyl (C=O) groups is 1. The van der Waals surface area contributed by atoms with E-state index in [9.17, 15) is 4.79 Å². The zero-order chi connectivity index (χ0) is 12.7. The van der Waals surface area contributed by atoms with E-state index in [-0.39, 0.29) is 5.97 Å². The van der Waals surface area contributed by atoms with Crippen LogP contribution >= 0.6 is 0 Å². The first-order chi connectivity index (χ1) is 8.21. The van der Waals surface area contributed by atoms with Gasteiger partial charge in [-0.25, -0.2) is 9.97 Å². The Morgan fingerprint density at radius 3 is 2.76 bits per heavy atom. The molecular formula is C12H19N3O2. The van der Waals surface area contributed by atoms with Crippen molar-refractivity contribution in [2.75, 3.05) is 25.1 Å². The third kappa shape index (κ3) is 4.01. The van der Waals surface area contributed by atoms with Crippen molar-refractivity contribution in [2.24, 2.45) is 0 Å². The summed E-state index contributed by atoms with van der Waals surface area (Å²) >= 11 is 0. The number of carbonyl (C=O) groups excluding carboxylic acids is 1. The molecule has 1 aromatic heterocycles. The molecule has 0 saturated heterocycles. The highest BCUT2D eigenvalue weighted by molar-refractivity contribution is 5.69. The van der Waals surface area contributed by atoms with Crippen molar-refractivity contribution >= 4 is 11.8 Å². The van der Waals surface area contributed by atoms with Crippen molar-refractivity contribution in [1.29, 1.82) is 0 Å². The predicted molar refractivity (Wildman–Crippen MR) is 65.9 cm³/mol. The normalized spacial score (nSPS) is 10.1. The lowest BCUT2D eigenvalue weighted by atomic mass is 10.3. The summed E-state index contributed by atoms with van der Waals surface area (Å²) in [6.07, 6.45) is 2.81. The summed E-state index contributed by atoms with van der Waals surface area (Å²) in [6, 6.07) is 1.96. The quantitative estimate of drug-likeness (QED) is 0.700. The van der Waals surface area contributed by atoms with E-state index in [1.807, 2.05) is 17.9 Å². The highest BCUT2D eigenvalue weighted by Crippen LogP contribution is 2.11. The van der Waals surface area contributed by atoms with E-state index in [0.717, 1.165) is 24.5 Å². The van der Waals surface area contributed by atoms with E-state index in [4.69, 9.17) is 0 Å². The second-order valence-electron chi connectivity index (χ2n) is 3.63. The summed E-state index contributed by atoms with van der Waals surface area (Å²) < 4.78 is 4.63. The Kier molecular flexibility index (Phi) is 5.39. The number of aryl methyl sites for hydroxylation is 1. The number of anilines is 1. The second kappa shape index (κ2) is 6.83. The van der Waals surface area contributed by atoms with E-state index in [1.165, 1.54) is 7.11 Å². The lowest BCUT2D eigenvalue weighted by molar-refractivity contribution is -0.140.